The number of benzene rings is 2. The van der Waals surface area contributed by atoms with E-state index in [-0.39, 0.29) is 0 Å². The molecule has 3 rings (SSSR count). The maximum Gasteiger partial charge on any atom is 0.193 e. The third kappa shape index (κ3) is 5.73. The molecule has 144 valence electrons. The summed E-state index contributed by atoms with van der Waals surface area (Å²) in [6.07, 6.45) is 5.31. The normalized spacial score (nSPS) is 16.0. The summed E-state index contributed by atoms with van der Waals surface area (Å²) in [4.78, 5) is 7.11. The Hall–Kier alpha value is -2.53. The number of aliphatic imine (C=N–C) groups is 1. The molecule has 1 aliphatic heterocycles. The molecule has 5 heteroatoms. The van der Waals surface area contributed by atoms with E-state index in [1.807, 2.05) is 24.3 Å². The van der Waals surface area contributed by atoms with Crippen molar-refractivity contribution in [1.82, 2.24) is 4.90 Å². The molecule has 0 bridgehead atoms. The van der Waals surface area contributed by atoms with Crippen molar-refractivity contribution in [3.05, 3.63) is 59.7 Å². The molecule has 2 aromatic rings. The Morgan fingerprint density at radius 1 is 1.00 bits per heavy atom. The second-order valence-corrected chi connectivity index (χ2v) is 6.99. The molecule has 1 fully saturated rings. The van der Waals surface area contributed by atoms with Gasteiger partial charge in [-0.3, -0.25) is 4.90 Å². The van der Waals surface area contributed by atoms with E-state index in [9.17, 15) is 0 Å². The Morgan fingerprint density at radius 2 is 1.67 bits per heavy atom. The van der Waals surface area contributed by atoms with Gasteiger partial charge in [-0.2, -0.15) is 0 Å². The smallest absolute Gasteiger partial charge is 0.193 e. The van der Waals surface area contributed by atoms with Crippen LogP contribution in [0.5, 0.6) is 5.75 Å². The fourth-order valence-electron chi connectivity index (χ4n) is 3.50. The summed E-state index contributed by atoms with van der Waals surface area (Å²) in [5.74, 6) is 1.14. The minimum Gasteiger partial charge on any atom is -0.495 e. The molecule has 0 amide bonds. The number of anilines is 1. The lowest BCUT2D eigenvalue weighted by molar-refractivity contribution is 0.276. The molecule has 0 atom stereocenters. The number of methoxy groups -OCH3 is 1. The molecule has 1 saturated heterocycles. The highest BCUT2D eigenvalue weighted by atomic mass is 16.5. The third-order valence-corrected chi connectivity index (χ3v) is 5.00. The lowest BCUT2D eigenvalue weighted by atomic mass is 10.1. The highest BCUT2D eigenvalue weighted by Gasteiger charge is 2.11. The summed E-state index contributed by atoms with van der Waals surface area (Å²) in [5.41, 5.74) is 9.49. The molecule has 2 aromatic carbocycles. The summed E-state index contributed by atoms with van der Waals surface area (Å²) in [5, 5.41) is 3.13. The summed E-state index contributed by atoms with van der Waals surface area (Å²) >= 11 is 0. The van der Waals surface area contributed by atoms with E-state index in [1.54, 1.807) is 7.11 Å². The van der Waals surface area contributed by atoms with Crippen LogP contribution in [-0.2, 0) is 13.1 Å². The molecule has 0 radical (unpaired) electrons. The zero-order chi connectivity index (χ0) is 18.9. The van der Waals surface area contributed by atoms with Crippen LogP contribution in [0.3, 0.4) is 0 Å². The molecule has 1 aliphatic rings. The zero-order valence-electron chi connectivity index (χ0n) is 16.2. The molecule has 1 heterocycles. The van der Waals surface area contributed by atoms with Crippen molar-refractivity contribution in [1.29, 1.82) is 0 Å². The summed E-state index contributed by atoms with van der Waals surface area (Å²) < 4.78 is 5.34. The van der Waals surface area contributed by atoms with Gasteiger partial charge in [0, 0.05) is 6.54 Å². The average Bonchev–Trinajstić information content (AvgIpc) is 2.96. The van der Waals surface area contributed by atoms with Crippen LogP contribution in [0.2, 0.25) is 0 Å². The molecule has 0 saturated carbocycles. The van der Waals surface area contributed by atoms with E-state index in [1.165, 1.54) is 49.9 Å². The van der Waals surface area contributed by atoms with Crippen LogP contribution in [0, 0.1) is 0 Å². The minimum absolute atomic E-state index is 0.393. The average molecular weight is 367 g/mol. The van der Waals surface area contributed by atoms with Gasteiger partial charge in [0.2, 0.25) is 0 Å². The van der Waals surface area contributed by atoms with E-state index in [4.69, 9.17) is 10.5 Å². The Labute approximate surface area is 162 Å². The Bertz CT molecular complexity index is 751. The van der Waals surface area contributed by atoms with Gasteiger partial charge in [0.25, 0.3) is 0 Å². The number of guanidine groups is 1. The van der Waals surface area contributed by atoms with Crippen molar-refractivity contribution in [3.63, 3.8) is 0 Å². The number of nitrogens with zero attached hydrogens (tertiary/aromatic N) is 2. The highest BCUT2D eigenvalue weighted by Crippen LogP contribution is 2.23. The number of nitrogens with two attached hydrogens (primary N) is 1. The van der Waals surface area contributed by atoms with Crippen molar-refractivity contribution in [2.45, 2.75) is 38.8 Å². The molecule has 5 nitrogen and oxygen atoms in total. The van der Waals surface area contributed by atoms with Crippen LogP contribution in [-0.4, -0.2) is 31.1 Å². The first-order chi connectivity index (χ1) is 13.3. The first kappa shape index (κ1) is 19.2. The molecule has 27 heavy (non-hydrogen) atoms. The topological polar surface area (TPSA) is 62.9 Å². The van der Waals surface area contributed by atoms with Crippen LogP contribution in [0.1, 0.15) is 36.8 Å². The lowest BCUT2D eigenvalue weighted by Gasteiger charge is -2.21. The molecule has 0 aliphatic carbocycles. The van der Waals surface area contributed by atoms with Crippen LogP contribution in [0.4, 0.5) is 5.69 Å². The van der Waals surface area contributed by atoms with Crippen LogP contribution in [0.15, 0.2) is 53.5 Å². The number of ether oxygens (including phenoxy) is 1. The lowest BCUT2D eigenvalue weighted by Crippen LogP contribution is -2.25. The van der Waals surface area contributed by atoms with E-state index < -0.39 is 0 Å². The predicted molar refractivity (Wildman–Crippen MR) is 112 cm³/mol. The molecular formula is C22H30N4O. The maximum absolute atomic E-state index is 6.11. The van der Waals surface area contributed by atoms with Gasteiger partial charge in [-0.25, -0.2) is 4.99 Å². The number of hydrogen-bond donors (Lipinski definition) is 2. The van der Waals surface area contributed by atoms with Gasteiger partial charge in [0.05, 0.1) is 19.3 Å². The first-order valence-electron chi connectivity index (χ1n) is 9.75. The predicted octanol–water partition coefficient (Wildman–Crippen LogP) is 4.00. The van der Waals surface area contributed by atoms with E-state index in [0.29, 0.717) is 12.5 Å². The number of rotatable bonds is 6. The van der Waals surface area contributed by atoms with Gasteiger partial charge in [0.15, 0.2) is 5.96 Å². The van der Waals surface area contributed by atoms with Crippen molar-refractivity contribution < 1.29 is 4.74 Å². The van der Waals surface area contributed by atoms with Gasteiger partial charge in [-0.15, -0.1) is 0 Å². The molecule has 0 unspecified atom stereocenters. The van der Waals surface area contributed by atoms with E-state index in [2.05, 4.69) is 39.5 Å². The zero-order valence-corrected chi connectivity index (χ0v) is 16.2. The second kappa shape index (κ2) is 9.97. The second-order valence-electron chi connectivity index (χ2n) is 6.99. The van der Waals surface area contributed by atoms with Crippen LogP contribution < -0.4 is 15.8 Å². The fourth-order valence-corrected chi connectivity index (χ4v) is 3.50. The molecule has 0 spiro atoms. The fraction of sp³-hybridized carbons (Fsp3) is 0.409. The Morgan fingerprint density at radius 3 is 2.41 bits per heavy atom. The molecule has 3 N–H and O–H groups in total. The first-order valence-corrected chi connectivity index (χ1v) is 9.75. The largest absolute Gasteiger partial charge is 0.495 e. The number of likely N-dealkylation sites (tertiary alicyclic amines) is 1. The number of para-hydroxylation sites is 2. The number of hydrogen-bond acceptors (Lipinski definition) is 3. The highest BCUT2D eigenvalue weighted by molar-refractivity contribution is 5.93. The quantitative estimate of drug-likeness (QED) is 0.599. The van der Waals surface area contributed by atoms with Crippen LogP contribution in [0.25, 0.3) is 0 Å². The SMILES string of the molecule is COc1ccccc1NC(N)=NCc1ccccc1CN1CCCCCC1. The standard InChI is InChI=1S/C22H30N4O/c1-27-21-13-7-6-12-20(21)25-22(23)24-16-18-10-4-5-11-19(18)17-26-14-8-2-3-9-15-26/h4-7,10-13H,2-3,8-9,14-17H2,1H3,(H3,23,24,25). The van der Waals surface area contributed by atoms with Gasteiger partial charge >= 0.3 is 0 Å². The minimum atomic E-state index is 0.393. The Balaban J connectivity index is 1.65. The number of nitrogens with one attached hydrogen (secondary N) is 1. The molecule has 0 aromatic heterocycles. The van der Waals surface area contributed by atoms with Gasteiger partial charge in [-0.1, -0.05) is 49.2 Å². The summed E-state index contributed by atoms with van der Waals surface area (Å²) in [6.45, 7) is 3.94. The summed E-state index contributed by atoms with van der Waals surface area (Å²) in [6, 6.07) is 16.2. The van der Waals surface area contributed by atoms with Crippen molar-refractivity contribution in [3.8, 4) is 5.75 Å². The van der Waals surface area contributed by atoms with Crippen molar-refractivity contribution in [2.75, 3.05) is 25.5 Å². The van der Waals surface area contributed by atoms with Gasteiger partial charge in [0.1, 0.15) is 5.75 Å². The van der Waals surface area contributed by atoms with Crippen LogP contribution >= 0.6 is 0 Å². The van der Waals surface area contributed by atoms with E-state index >= 15 is 0 Å². The summed E-state index contributed by atoms with van der Waals surface area (Å²) in [7, 11) is 1.65. The van der Waals surface area contributed by atoms with Crippen molar-refractivity contribution >= 4 is 11.6 Å². The van der Waals surface area contributed by atoms with Gasteiger partial charge in [-0.05, 0) is 49.2 Å². The maximum atomic E-state index is 6.11. The Kier molecular flexibility index (Phi) is 7.11. The monoisotopic (exact) mass is 366 g/mol. The van der Waals surface area contributed by atoms with E-state index in [0.717, 1.165) is 18.0 Å². The van der Waals surface area contributed by atoms with Gasteiger partial charge < -0.3 is 15.8 Å². The van der Waals surface area contributed by atoms with Crippen molar-refractivity contribution in [2.24, 2.45) is 10.7 Å². The molecular weight excluding hydrogens is 336 g/mol. The third-order valence-electron chi connectivity index (χ3n) is 5.00.